The predicted octanol–water partition coefficient (Wildman–Crippen LogP) is 6.87. The highest BCUT2D eigenvalue weighted by atomic mass is 15.0. The molecule has 158 valence electrons. The smallest absolute Gasteiger partial charge is 0.224 e. The second-order valence-corrected chi connectivity index (χ2v) is 9.93. The number of pyridine rings is 3. The van der Waals surface area contributed by atoms with Crippen molar-refractivity contribution < 1.29 is 4.57 Å². The van der Waals surface area contributed by atoms with Crippen molar-refractivity contribution in [2.75, 3.05) is 0 Å². The van der Waals surface area contributed by atoms with Gasteiger partial charge in [-0.05, 0) is 72.9 Å². The van der Waals surface area contributed by atoms with Gasteiger partial charge in [-0.2, -0.15) is 0 Å². The summed E-state index contributed by atoms with van der Waals surface area (Å²) in [4.78, 5) is 4.54. The quantitative estimate of drug-likeness (QED) is 0.162. The highest BCUT2D eigenvalue weighted by Gasteiger charge is 2.26. The van der Waals surface area contributed by atoms with E-state index in [-0.39, 0.29) is 0 Å². The first kappa shape index (κ1) is 18.4. The van der Waals surface area contributed by atoms with E-state index in [1.165, 1.54) is 97.8 Å². The molecule has 0 atom stereocenters. The van der Waals surface area contributed by atoms with Crippen LogP contribution in [-0.4, -0.2) is 9.38 Å². The summed E-state index contributed by atoms with van der Waals surface area (Å²) >= 11 is 0. The molecule has 32 heavy (non-hydrogen) atoms. The number of hydrogen-bond acceptors (Lipinski definition) is 1. The van der Waals surface area contributed by atoms with Gasteiger partial charge in [0.25, 0.3) is 0 Å². The molecule has 1 fully saturated rings. The molecular formula is C29H28N3+. The Bertz CT molecular complexity index is 1680. The summed E-state index contributed by atoms with van der Waals surface area (Å²) < 4.78 is 4.84. The van der Waals surface area contributed by atoms with Crippen LogP contribution in [0, 0.1) is 13.8 Å². The summed E-state index contributed by atoms with van der Waals surface area (Å²) in [5.74, 6) is 0.679. The number of benzene rings is 2. The number of nitrogens with zero attached hydrogens (tertiary/aromatic N) is 3. The first-order valence-corrected chi connectivity index (χ1v) is 12.0. The van der Waals surface area contributed by atoms with Crippen LogP contribution in [0.2, 0.25) is 0 Å². The summed E-state index contributed by atoms with van der Waals surface area (Å²) in [5.41, 5.74) is 9.47. The minimum absolute atomic E-state index is 0.679. The first-order valence-electron chi connectivity index (χ1n) is 12.0. The third kappa shape index (κ3) is 2.26. The standard InChI is InChI=1S/C29H28N3/c1-17-13-23-22-9-11-30-16-25(22)32-24-15-21(19-7-5-4-6-8-19)14-20-10-12-31(3)29(27(20)24)26(18(17)2)28(23)32/h9-16,19H,4-8H2,1-3H3/q+1. The van der Waals surface area contributed by atoms with Crippen LogP contribution < -0.4 is 4.57 Å². The van der Waals surface area contributed by atoms with Crippen LogP contribution in [0.1, 0.15) is 54.7 Å². The van der Waals surface area contributed by atoms with Crippen molar-refractivity contribution in [2.45, 2.75) is 51.9 Å². The van der Waals surface area contributed by atoms with Gasteiger partial charge < -0.3 is 4.40 Å². The Morgan fingerprint density at radius 2 is 1.78 bits per heavy atom. The maximum Gasteiger partial charge on any atom is 0.224 e. The fourth-order valence-electron chi connectivity index (χ4n) is 6.45. The van der Waals surface area contributed by atoms with Gasteiger partial charge in [0.2, 0.25) is 5.52 Å². The fourth-order valence-corrected chi connectivity index (χ4v) is 6.45. The molecule has 0 bridgehead atoms. The van der Waals surface area contributed by atoms with Crippen molar-refractivity contribution in [3.05, 3.63) is 65.6 Å². The lowest BCUT2D eigenvalue weighted by Gasteiger charge is -2.23. The van der Waals surface area contributed by atoms with E-state index in [2.05, 4.69) is 77.6 Å². The van der Waals surface area contributed by atoms with Crippen LogP contribution in [0.3, 0.4) is 0 Å². The zero-order chi connectivity index (χ0) is 21.6. The monoisotopic (exact) mass is 418 g/mol. The zero-order valence-corrected chi connectivity index (χ0v) is 19.1. The molecule has 2 aromatic carbocycles. The topological polar surface area (TPSA) is 21.2 Å². The molecule has 3 heteroatoms. The van der Waals surface area contributed by atoms with E-state index in [1.807, 2.05) is 6.20 Å². The van der Waals surface area contributed by atoms with E-state index in [0.717, 1.165) is 0 Å². The number of hydrogen-bond donors (Lipinski definition) is 0. The predicted molar refractivity (Wildman–Crippen MR) is 133 cm³/mol. The molecule has 0 radical (unpaired) electrons. The molecule has 4 heterocycles. The maximum atomic E-state index is 4.54. The van der Waals surface area contributed by atoms with Gasteiger partial charge in [0.15, 0.2) is 6.20 Å². The number of aryl methyl sites for hydroxylation is 3. The van der Waals surface area contributed by atoms with Gasteiger partial charge in [-0.15, -0.1) is 0 Å². The lowest BCUT2D eigenvalue weighted by atomic mass is 9.83. The Morgan fingerprint density at radius 3 is 2.62 bits per heavy atom. The average molecular weight is 419 g/mol. The Labute approximate surface area is 187 Å². The van der Waals surface area contributed by atoms with Gasteiger partial charge in [0.1, 0.15) is 7.05 Å². The Balaban J connectivity index is 1.79. The minimum atomic E-state index is 0.679. The highest BCUT2D eigenvalue weighted by Crippen LogP contribution is 2.43. The molecule has 0 spiro atoms. The van der Waals surface area contributed by atoms with E-state index in [9.17, 15) is 0 Å². The van der Waals surface area contributed by atoms with Gasteiger partial charge in [-0.1, -0.05) is 25.3 Å². The number of fused-ring (bicyclic) bond motifs is 5. The summed E-state index contributed by atoms with van der Waals surface area (Å²) in [6.07, 6.45) is 13.0. The lowest BCUT2D eigenvalue weighted by molar-refractivity contribution is -0.643. The SMILES string of the molecule is Cc1cc2c3ccncc3n3c4cc(C5CCCCC5)cc5cc[n+](C)c(c(c1C)c23)c54. The fraction of sp³-hybridized carbons (Fsp3) is 0.310. The van der Waals surface area contributed by atoms with E-state index in [0.29, 0.717) is 5.92 Å². The first-order chi connectivity index (χ1) is 15.6. The largest absolute Gasteiger partial charge is 0.306 e. The highest BCUT2D eigenvalue weighted by molar-refractivity contribution is 6.26. The number of rotatable bonds is 1. The third-order valence-corrected chi connectivity index (χ3v) is 8.17. The van der Waals surface area contributed by atoms with Gasteiger partial charge in [0, 0.05) is 23.0 Å². The van der Waals surface area contributed by atoms with E-state index in [1.54, 1.807) is 0 Å². The summed E-state index contributed by atoms with van der Waals surface area (Å²) in [6, 6.07) is 11.9. The maximum absolute atomic E-state index is 4.54. The van der Waals surface area contributed by atoms with Crippen molar-refractivity contribution >= 4 is 49.0 Å². The summed E-state index contributed by atoms with van der Waals surface area (Å²) in [7, 11) is 2.20. The molecule has 1 aliphatic carbocycles. The van der Waals surface area contributed by atoms with Crippen molar-refractivity contribution in [2.24, 2.45) is 7.05 Å². The van der Waals surface area contributed by atoms with E-state index < -0.39 is 0 Å². The molecular weight excluding hydrogens is 390 g/mol. The molecule has 1 saturated carbocycles. The van der Waals surface area contributed by atoms with Gasteiger partial charge in [0.05, 0.1) is 33.5 Å². The van der Waals surface area contributed by atoms with E-state index >= 15 is 0 Å². The second-order valence-electron chi connectivity index (χ2n) is 9.93. The van der Waals surface area contributed by atoms with Crippen LogP contribution in [-0.2, 0) is 7.05 Å². The molecule has 0 amide bonds. The molecule has 0 unspecified atom stereocenters. The van der Waals surface area contributed by atoms with Crippen molar-refractivity contribution in [3.8, 4) is 0 Å². The van der Waals surface area contributed by atoms with Gasteiger partial charge in [-0.25, -0.2) is 4.57 Å². The molecule has 1 aliphatic rings. The molecule has 7 rings (SSSR count). The Morgan fingerprint density at radius 1 is 0.938 bits per heavy atom. The Kier molecular flexibility index (Phi) is 3.68. The van der Waals surface area contributed by atoms with E-state index in [4.69, 9.17) is 0 Å². The van der Waals surface area contributed by atoms with Crippen LogP contribution in [0.4, 0.5) is 0 Å². The van der Waals surface area contributed by atoms with Crippen LogP contribution in [0.25, 0.3) is 49.0 Å². The minimum Gasteiger partial charge on any atom is -0.306 e. The molecule has 3 nitrogen and oxygen atoms in total. The molecule has 6 aromatic rings. The molecule has 0 N–H and O–H groups in total. The normalized spacial score (nSPS) is 15.8. The summed E-state index contributed by atoms with van der Waals surface area (Å²) in [6.45, 7) is 4.53. The van der Waals surface area contributed by atoms with Crippen LogP contribution in [0.5, 0.6) is 0 Å². The van der Waals surface area contributed by atoms with Crippen LogP contribution in [0.15, 0.2) is 48.9 Å². The number of aromatic nitrogens is 3. The molecule has 0 saturated heterocycles. The third-order valence-electron chi connectivity index (χ3n) is 8.17. The molecule has 0 aliphatic heterocycles. The van der Waals surface area contributed by atoms with Gasteiger partial charge >= 0.3 is 0 Å². The van der Waals surface area contributed by atoms with Crippen molar-refractivity contribution in [3.63, 3.8) is 0 Å². The second kappa shape index (κ2) is 6.41. The summed E-state index contributed by atoms with van der Waals surface area (Å²) in [5, 5.41) is 6.75. The molecule has 4 aromatic heterocycles. The van der Waals surface area contributed by atoms with Gasteiger partial charge in [-0.3, -0.25) is 4.98 Å². The van der Waals surface area contributed by atoms with Crippen molar-refractivity contribution in [1.29, 1.82) is 0 Å². The zero-order valence-electron chi connectivity index (χ0n) is 19.1. The Hall–Kier alpha value is -3.20. The van der Waals surface area contributed by atoms with Crippen molar-refractivity contribution in [1.82, 2.24) is 9.38 Å². The average Bonchev–Trinajstić information content (AvgIpc) is 3.15. The lowest BCUT2D eigenvalue weighted by Crippen LogP contribution is -2.29. The van der Waals surface area contributed by atoms with Crippen LogP contribution >= 0.6 is 0 Å².